The Morgan fingerprint density at radius 1 is 0.947 bits per heavy atom. The van der Waals surface area contributed by atoms with E-state index >= 15 is 0 Å². The minimum Gasteiger partial charge on any atom is -0.0807 e. The molecule has 0 nitrogen and oxygen atoms in total. The molecule has 0 saturated carbocycles. The molecule has 0 amide bonds. The fourth-order valence-electron chi connectivity index (χ4n) is 2.26. The smallest absolute Gasteiger partial charge is 0.0175 e. The maximum absolute atomic E-state index is 3.51. The maximum Gasteiger partial charge on any atom is 0.0175 e. The van der Waals surface area contributed by atoms with Crippen molar-refractivity contribution < 1.29 is 0 Å². The first kappa shape index (κ1) is 16.5. The summed E-state index contributed by atoms with van der Waals surface area (Å²) in [5.74, 6) is 0. The van der Waals surface area contributed by atoms with E-state index in [4.69, 9.17) is 0 Å². The first-order valence-electron chi connectivity index (χ1n) is 7.73. The lowest BCUT2D eigenvalue weighted by Gasteiger charge is -2.08. The van der Waals surface area contributed by atoms with Gasteiger partial charge in [0, 0.05) is 4.47 Å². The second-order valence-electron chi connectivity index (χ2n) is 5.19. The Morgan fingerprint density at radius 3 is 2.21 bits per heavy atom. The van der Waals surface area contributed by atoms with E-state index in [9.17, 15) is 0 Å². The van der Waals surface area contributed by atoms with Crippen LogP contribution in [0, 0.1) is 0 Å². The SMILES string of the molecule is CCCCC/C=C(\CCCCC)c1ccc(Br)cc1. The second kappa shape index (κ2) is 10.3. The third-order valence-electron chi connectivity index (χ3n) is 3.46. The van der Waals surface area contributed by atoms with Crippen molar-refractivity contribution in [2.75, 3.05) is 0 Å². The van der Waals surface area contributed by atoms with E-state index in [2.05, 4.69) is 60.1 Å². The van der Waals surface area contributed by atoms with Gasteiger partial charge < -0.3 is 0 Å². The molecule has 1 aromatic carbocycles. The van der Waals surface area contributed by atoms with E-state index in [1.807, 2.05) is 0 Å². The van der Waals surface area contributed by atoms with E-state index in [-0.39, 0.29) is 0 Å². The van der Waals surface area contributed by atoms with Crippen molar-refractivity contribution in [3.8, 4) is 0 Å². The third kappa shape index (κ3) is 6.96. The molecule has 1 aromatic rings. The van der Waals surface area contributed by atoms with Crippen LogP contribution in [0.15, 0.2) is 34.8 Å². The highest BCUT2D eigenvalue weighted by Gasteiger charge is 2.01. The molecule has 0 unspecified atom stereocenters. The van der Waals surface area contributed by atoms with Crippen LogP contribution in [0.25, 0.3) is 5.57 Å². The number of allylic oxidation sites excluding steroid dienone is 2. The average molecular weight is 323 g/mol. The van der Waals surface area contributed by atoms with Crippen LogP contribution in [0.1, 0.15) is 70.8 Å². The highest BCUT2D eigenvalue weighted by Crippen LogP contribution is 2.24. The highest BCUT2D eigenvalue weighted by atomic mass is 79.9. The molecule has 1 heteroatoms. The summed E-state index contributed by atoms with van der Waals surface area (Å²) in [5, 5.41) is 0. The molecule has 19 heavy (non-hydrogen) atoms. The zero-order valence-electron chi connectivity index (χ0n) is 12.4. The van der Waals surface area contributed by atoms with Gasteiger partial charge in [-0.2, -0.15) is 0 Å². The van der Waals surface area contributed by atoms with Crippen LogP contribution < -0.4 is 0 Å². The Labute approximate surface area is 127 Å². The number of benzene rings is 1. The first-order chi connectivity index (χ1) is 9.27. The van der Waals surface area contributed by atoms with Gasteiger partial charge in [-0.05, 0) is 49.0 Å². The van der Waals surface area contributed by atoms with Crippen LogP contribution in [0.5, 0.6) is 0 Å². The quantitative estimate of drug-likeness (QED) is 0.429. The van der Waals surface area contributed by atoms with E-state index < -0.39 is 0 Å². The second-order valence-corrected chi connectivity index (χ2v) is 6.10. The molecule has 0 atom stereocenters. The fourth-order valence-corrected chi connectivity index (χ4v) is 2.53. The lowest BCUT2D eigenvalue weighted by atomic mass is 9.98. The summed E-state index contributed by atoms with van der Waals surface area (Å²) in [6.07, 6.45) is 12.8. The molecule has 0 aliphatic carbocycles. The van der Waals surface area contributed by atoms with Crippen LogP contribution in [-0.2, 0) is 0 Å². The summed E-state index contributed by atoms with van der Waals surface area (Å²) in [6, 6.07) is 8.77. The van der Waals surface area contributed by atoms with Gasteiger partial charge in [0.15, 0.2) is 0 Å². The number of hydrogen-bond donors (Lipinski definition) is 0. The van der Waals surface area contributed by atoms with Crippen LogP contribution >= 0.6 is 15.9 Å². The molecule has 1 rings (SSSR count). The summed E-state index contributed by atoms with van der Waals surface area (Å²) in [7, 11) is 0. The number of hydrogen-bond acceptors (Lipinski definition) is 0. The Bertz CT molecular complexity index is 362. The lowest BCUT2D eigenvalue weighted by Crippen LogP contribution is -1.87. The molecule has 0 saturated heterocycles. The Balaban J connectivity index is 2.64. The van der Waals surface area contributed by atoms with Crippen molar-refractivity contribution in [3.05, 3.63) is 40.4 Å². The van der Waals surface area contributed by atoms with Crippen molar-refractivity contribution >= 4 is 21.5 Å². The van der Waals surface area contributed by atoms with Crippen molar-refractivity contribution in [3.63, 3.8) is 0 Å². The van der Waals surface area contributed by atoms with Crippen LogP contribution in [0.2, 0.25) is 0 Å². The molecule has 0 fully saturated rings. The summed E-state index contributed by atoms with van der Waals surface area (Å²) >= 11 is 3.51. The van der Waals surface area contributed by atoms with Gasteiger partial charge in [-0.25, -0.2) is 0 Å². The fraction of sp³-hybridized carbons (Fsp3) is 0.556. The van der Waals surface area contributed by atoms with Crippen molar-refractivity contribution in [2.45, 2.75) is 65.2 Å². The predicted molar refractivity (Wildman–Crippen MR) is 90.4 cm³/mol. The summed E-state index contributed by atoms with van der Waals surface area (Å²) < 4.78 is 1.16. The zero-order valence-corrected chi connectivity index (χ0v) is 14.0. The highest BCUT2D eigenvalue weighted by molar-refractivity contribution is 9.10. The van der Waals surface area contributed by atoms with Crippen molar-refractivity contribution in [1.82, 2.24) is 0 Å². The molecule has 0 N–H and O–H groups in total. The molecular formula is C18H27Br. The van der Waals surface area contributed by atoms with Gasteiger partial charge in [-0.15, -0.1) is 0 Å². The molecule has 0 aromatic heterocycles. The topological polar surface area (TPSA) is 0 Å². The van der Waals surface area contributed by atoms with Gasteiger partial charge in [0.2, 0.25) is 0 Å². The molecule has 0 spiro atoms. The molecular weight excluding hydrogens is 296 g/mol. The van der Waals surface area contributed by atoms with Gasteiger partial charge in [0.25, 0.3) is 0 Å². The van der Waals surface area contributed by atoms with Gasteiger partial charge in [0.1, 0.15) is 0 Å². The Kier molecular flexibility index (Phi) is 8.90. The Hall–Kier alpha value is -0.560. The van der Waals surface area contributed by atoms with Crippen molar-refractivity contribution in [2.24, 2.45) is 0 Å². The van der Waals surface area contributed by atoms with E-state index in [1.165, 1.54) is 62.5 Å². The summed E-state index contributed by atoms with van der Waals surface area (Å²) in [4.78, 5) is 0. The summed E-state index contributed by atoms with van der Waals surface area (Å²) in [6.45, 7) is 4.53. The average Bonchev–Trinajstić information content (AvgIpc) is 2.43. The third-order valence-corrected chi connectivity index (χ3v) is 3.99. The summed E-state index contributed by atoms with van der Waals surface area (Å²) in [5.41, 5.74) is 2.94. The normalized spacial score (nSPS) is 11.8. The lowest BCUT2D eigenvalue weighted by molar-refractivity contribution is 0.720. The zero-order chi connectivity index (χ0) is 13.9. The molecule has 0 bridgehead atoms. The standard InChI is InChI=1S/C18H27Br/c1-3-5-7-9-11-16(10-8-6-4-2)17-12-14-18(19)15-13-17/h11-15H,3-10H2,1-2H3/b16-11+. The van der Waals surface area contributed by atoms with Gasteiger partial charge in [-0.1, -0.05) is 73.7 Å². The Morgan fingerprint density at radius 2 is 1.58 bits per heavy atom. The monoisotopic (exact) mass is 322 g/mol. The van der Waals surface area contributed by atoms with E-state index in [1.54, 1.807) is 0 Å². The van der Waals surface area contributed by atoms with Crippen LogP contribution in [0.3, 0.4) is 0 Å². The molecule has 106 valence electrons. The molecule has 0 aliphatic heterocycles. The molecule has 0 radical (unpaired) electrons. The van der Waals surface area contributed by atoms with E-state index in [0.29, 0.717) is 0 Å². The number of unbranched alkanes of at least 4 members (excludes halogenated alkanes) is 5. The van der Waals surface area contributed by atoms with Crippen LogP contribution in [0.4, 0.5) is 0 Å². The minimum absolute atomic E-state index is 1.16. The maximum atomic E-state index is 3.51. The van der Waals surface area contributed by atoms with Gasteiger partial charge in [0.05, 0.1) is 0 Å². The molecule has 0 aliphatic rings. The van der Waals surface area contributed by atoms with Gasteiger partial charge >= 0.3 is 0 Å². The minimum atomic E-state index is 1.16. The number of halogens is 1. The van der Waals surface area contributed by atoms with Crippen LogP contribution in [-0.4, -0.2) is 0 Å². The predicted octanol–water partition coefficient (Wildman–Crippen LogP) is 6.99. The number of rotatable bonds is 9. The molecule has 0 heterocycles. The van der Waals surface area contributed by atoms with Gasteiger partial charge in [-0.3, -0.25) is 0 Å². The van der Waals surface area contributed by atoms with E-state index in [0.717, 1.165) is 4.47 Å². The van der Waals surface area contributed by atoms with Crippen molar-refractivity contribution in [1.29, 1.82) is 0 Å². The largest absolute Gasteiger partial charge is 0.0807 e. The first-order valence-corrected chi connectivity index (χ1v) is 8.52.